The summed E-state index contributed by atoms with van der Waals surface area (Å²) in [6.45, 7) is 0.169. The van der Waals surface area contributed by atoms with Gasteiger partial charge in [-0.1, -0.05) is 53.8 Å². The van der Waals surface area contributed by atoms with Gasteiger partial charge in [-0.2, -0.15) is 0 Å². The van der Waals surface area contributed by atoms with E-state index in [1.165, 1.54) is 10.6 Å². The summed E-state index contributed by atoms with van der Waals surface area (Å²) >= 11 is 1.06. The third-order valence-electron chi connectivity index (χ3n) is 4.64. The number of hydrogen-bond donors (Lipinski definition) is 1. The summed E-state index contributed by atoms with van der Waals surface area (Å²) in [5.74, 6) is 0.411. The Balaban J connectivity index is 1.53. The Labute approximate surface area is 165 Å². The Hall–Kier alpha value is -3.12. The monoisotopic (exact) mass is 395 g/mol. The van der Waals surface area contributed by atoms with Crippen LogP contribution in [0, 0.1) is 5.82 Å². The van der Waals surface area contributed by atoms with E-state index in [1.807, 2.05) is 36.4 Å². The molecule has 0 aliphatic heterocycles. The summed E-state index contributed by atoms with van der Waals surface area (Å²) in [6.07, 6.45) is 0.494. The second-order valence-electron chi connectivity index (χ2n) is 6.57. The lowest BCUT2D eigenvalue weighted by Crippen LogP contribution is -2.05. The molecule has 0 aliphatic carbocycles. The zero-order valence-corrected chi connectivity index (χ0v) is 16.0. The number of nitrogens with zero attached hydrogens (tertiary/aromatic N) is 1. The third kappa shape index (κ3) is 3.64. The molecule has 0 aliphatic rings. The number of hydrogen-bond acceptors (Lipinski definition) is 4. The van der Waals surface area contributed by atoms with Crippen LogP contribution in [0.25, 0.3) is 10.8 Å². The molecule has 1 N–H and O–H groups in total. The van der Waals surface area contributed by atoms with Gasteiger partial charge in [0.05, 0.1) is 4.88 Å². The van der Waals surface area contributed by atoms with Crippen molar-refractivity contribution in [1.29, 1.82) is 0 Å². The molecule has 1 heterocycles. The maximum absolute atomic E-state index is 13.7. The average Bonchev–Trinajstić information content (AvgIpc) is 2.94. The van der Waals surface area contributed by atoms with Crippen molar-refractivity contribution < 1.29 is 14.2 Å². The lowest BCUT2D eigenvalue weighted by atomic mass is 10.0. The smallest absolute Gasteiger partial charge is 0.309 e. The van der Waals surface area contributed by atoms with Crippen LogP contribution in [-0.4, -0.2) is 9.67 Å². The second kappa shape index (κ2) is 7.48. The zero-order chi connectivity index (χ0) is 19.7. The van der Waals surface area contributed by atoms with Gasteiger partial charge in [0.1, 0.15) is 18.2 Å². The van der Waals surface area contributed by atoms with E-state index in [-0.39, 0.29) is 23.2 Å². The molecule has 28 heavy (non-hydrogen) atoms. The van der Waals surface area contributed by atoms with Gasteiger partial charge in [-0.3, -0.25) is 9.36 Å². The first-order valence-electron chi connectivity index (χ1n) is 8.78. The summed E-state index contributed by atoms with van der Waals surface area (Å²) in [6, 6.07) is 18.2. The molecule has 4 aromatic rings. The van der Waals surface area contributed by atoms with Crippen LogP contribution in [-0.2, 0) is 20.1 Å². The molecule has 0 saturated heterocycles. The standard InChI is InChI=1S/C22H18FNO3S/c1-24-21(25)20(28-22(24)26)11-14-6-7-16-12-18(9-8-15(16)10-14)27-13-17-4-2-3-5-19(17)23/h2-10,12,25H,11,13H2,1H3. The summed E-state index contributed by atoms with van der Waals surface area (Å²) in [5.41, 5.74) is 1.52. The Kier molecular flexibility index (Phi) is 4.88. The molecule has 0 amide bonds. The van der Waals surface area contributed by atoms with Crippen molar-refractivity contribution in [3.8, 4) is 11.6 Å². The van der Waals surface area contributed by atoms with Crippen molar-refractivity contribution in [3.05, 3.63) is 92.2 Å². The highest BCUT2D eigenvalue weighted by molar-refractivity contribution is 7.09. The van der Waals surface area contributed by atoms with Gasteiger partial charge in [-0.05, 0) is 34.5 Å². The minimum absolute atomic E-state index is 0.0204. The SMILES string of the molecule is Cn1c(O)c(Cc2ccc3cc(OCc4ccccc4F)ccc3c2)sc1=O. The number of rotatable bonds is 5. The maximum atomic E-state index is 13.7. The van der Waals surface area contributed by atoms with Crippen molar-refractivity contribution in [1.82, 2.24) is 4.57 Å². The highest BCUT2D eigenvalue weighted by atomic mass is 32.1. The summed E-state index contributed by atoms with van der Waals surface area (Å²) < 4.78 is 20.7. The van der Waals surface area contributed by atoms with E-state index in [1.54, 1.807) is 25.2 Å². The maximum Gasteiger partial charge on any atom is 0.309 e. The van der Waals surface area contributed by atoms with Crippen molar-refractivity contribution in [2.45, 2.75) is 13.0 Å². The molecule has 0 radical (unpaired) electrons. The van der Waals surface area contributed by atoms with Crippen LogP contribution in [0.2, 0.25) is 0 Å². The number of aromatic nitrogens is 1. The summed E-state index contributed by atoms with van der Waals surface area (Å²) in [7, 11) is 1.56. The predicted molar refractivity (Wildman–Crippen MR) is 109 cm³/mol. The van der Waals surface area contributed by atoms with Crippen LogP contribution in [0.15, 0.2) is 65.5 Å². The van der Waals surface area contributed by atoms with Gasteiger partial charge in [0, 0.05) is 19.0 Å². The van der Waals surface area contributed by atoms with Crippen LogP contribution >= 0.6 is 11.3 Å². The first-order chi connectivity index (χ1) is 13.5. The summed E-state index contributed by atoms with van der Waals surface area (Å²) in [4.78, 5) is 12.1. The second-order valence-corrected chi connectivity index (χ2v) is 7.62. The number of fused-ring (bicyclic) bond motifs is 1. The normalized spacial score (nSPS) is 11.1. The Bertz CT molecular complexity index is 1210. The number of benzene rings is 3. The molecule has 1 aromatic heterocycles. The molecular weight excluding hydrogens is 377 g/mol. The van der Waals surface area contributed by atoms with E-state index in [0.29, 0.717) is 22.6 Å². The predicted octanol–water partition coefficient (Wildman–Crippen LogP) is 4.61. The van der Waals surface area contributed by atoms with E-state index >= 15 is 0 Å². The van der Waals surface area contributed by atoms with Crippen LogP contribution in [0.5, 0.6) is 11.6 Å². The molecule has 6 heteroatoms. The topological polar surface area (TPSA) is 51.5 Å². The van der Waals surface area contributed by atoms with Crippen LogP contribution in [0.1, 0.15) is 16.0 Å². The van der Waals surface area contributed by atoms with E-state index in [2.05, 4.69) is 0 Å². The van der Waals surface area contributed by atoms with Crippen molar-refractivity contribution >= 4 is 22.1 Å². The zero-order valence-electron chi connectivity index (χ0n) is 15.2. The van der Waals surface area contributed by atoms with Crippen molar-refractivity contribution in [2.24, 2.45) is 7.05 Å². The lowest BCUT2D eigenvalue weighted by Gasteiger charge is -2.09. The molecular formula is C22H18FNO3S. The van der Waals surface area contributed by atoms with Crippen LogP contribution < -0.4 is 9.61 Å². The molecule has 3 aromatic carbocycles. The van der Waals surface area contributed by atoms with E-state index in [9.17, 15) is 14.3 Å². The van der Waals surface area contributed by atoms with E-state index < -0.39 is 0 Å². The molecule has 142 valence electrons. The molecule has 0 fully saturated rings. The summed E-state index contributed by atoms with van der Waals surface area (Å²) in [5, 5.41) is 12.1. The quantitative estimate of drug-likeness (QED) is 0.537. The number of thiazole rings is 1. The molecule has 4 nitrogen and oxygen atoms in total. The molecule has 0 atom stereocenters. The van der Waals surface area contributed by atoms with Gasteiger partial charge in [0.2, 0.25) is 5.88 Å². The van der Waals surface area contributed by atoms with Gasteiger partial charge in [-0.15, -0.1) is 0 Å². The fourth-order valence-corrected chi connectivity index (χ4v) is 3.94. The van der Waals surface area contributed by atoms with E-state index in [4.69, 9.17) is 4.74 Å². The Morgan fingerprint density at radius 1 is 1.07 bits per heavy atom. The van der Waals surface area contributed by atoms with Gasteiger partial charge in [0.15, 0.2) is 0 Å². The molecule has 0 saturated carbocycles. The molecule has 0 unspecified atom stereocenters. The fraction of sp³-hybridized carbons (Fsp3) is 0.136. The molecule has 0 spiro atoms. The largest absolute Gasteiger partial charge is 0.494 e. The highest BCUT2D eigenvalue weighted by Gasteiger charge is 2.12. The number of aromatic hydroxyl groups is 1. The first kappa shape index (κ1) is 18.3. The molecule has 4 rings (SSSR count). The lowest BCUT2D eigenvalue weighted by molar-refractivity contribution is 0.300. The van der Waals surface area contributed by atoms with E-state index in [0.717, 1.165) is 27.7 Å². The Morgan fingerprint density at radius 2 is 1.82 bits per heavy atom. The van der Waals surface area contributed by atoms with Gasteiger partial charge >= 0.3 is 4.87 Å². The minimum Gasteiger partial charge on any atom is -0.494 e. The number of halogens is 1. The molecule has 0 bridgehead atoms. The van der Waals surface area contributed by atoms with Crippen molar-refractivity contribution in [3.63, 3.8) is 0 Å². The van der Waals surface area contributed by atoms with Gasteiger partial charge in [-0.25, -0.2) is 4.39 Å². The van der Waals surface area contributed by atoms with Gasteiger partial charge < -0.3 is 9.84 Å². The Morgan fingerprint density at radius 3 is 2.57 bits per heavy atom. The first-order valence-corrected chi connectivity index (χ1v) is 9.59. The van der Waals surface area contributed by atoms with Gasteiger partial charge in [0.25, 0.3) is 0 Å². The third-order valence-corrected chi connectivity index (χ3v) is 5.67. The average molecular weight is 395 g/mol. The minimum atomic E-state index is -0.278. The van der Waals surface area contributed by atoms with Crippen LogP contribution in [0.3, 0.4) is 0 Å². The van der Waals surface area contributed by atoms with Crippen LogP contribution in [0.4, 0.5) is 4.39 Å². The van der Waals surface area contributed by atoms with Crippen molar-refractivity contribution in [2.75, 3.05) is 0 Å². The fourth-order valence-electron chi connectivity index (χ4n) is 3.04. The highest BCUT2D eigenvalue weighted by Crippen LogP contribution is 2.27. The number of ether oxygens (including phenoxy) is 1.